The van der Waals surface area contributed by atoms with Gasteiger partial charge in [-0.1, -0.05) is 37.8 Å². The molecule has 0 radical (unpaired) electrons. The van der Waals surface area contributed by atoms with Gasteiger partial charge in [0, 0.05) is 37.0 Å². The summed E-state index contributed by atoms with van der Waals surface area (Å²) in [7, 11) is -2.87. The molecule has 3 rings (SSSR count). The first-order valence-corrected chi connectivity index (χ1v) is 16.7. The molecule has 142 valence electrons. The zero-order valence-corrected chi connectivity index (χ0v) is 19.3. The first-order chi connectivity index (χ1) is 12.1. The van der Waals surface area contributed by atoms with E-state index in [2.05, 4.69) is 85.0 Å². The zero-order chi connectivity index (χ0) is 18.9. The van der Waals surface area contributed by atoms with E-state index >= 15 is 0 Å². The van der Waals surface area contributed by atoms with Crippen molar-refractivity contribution in [3.63, 3.8) is 0 Å². The maximum absolute atomic E-state index is 6.16. The van der Waals surface area contributed by atoms with Gasteiger partial charge in [0.25, 0.3) is 0 Å². The molecule has 0 atom stereocenters. The summed E-state index contributed by atoms with van der Waals surface area (Å²) in [6.45, 7) is 17.3. The molecule has 0 saturated carbocycles. The summed E-state index contributed by atoms with van der Waals surface area (Å²) in [6, 6.07) is 8.90. The molecule has 1 aromatic heterocycles. The minimum absolute atomic E-state index is 1.02. The molecule has 1 aliphatic rings. The first kappa shape index (κ1) is 19.5. The van der Waals surface area contributed by atoms with Gasteiger partial charge in [-0.05, 0) is 50.0 Å². The molecule has 0 unspecified atom stereocenters. The van der Waals surface area contributed by atoms with Crippen LogP contribution in [0, 0.1) is 0 Å². The minimum Gasteiger partial charge on any atom is -0.547 e. The molecule has 2 aromatic rings. The van der Waals surface area contributed by atoms with E-state index in [1.54, 1.807) is 0 Å². The molecule has 1 aromatic carbocycles. The first-order valence-electron chi connectivity index (χ1n) is 9.83. The lowest BCUT2D eigenvalue weighted by atomic mass is 10.1. The third-order valence-electron chi connectivity index (χ3n) is 4.90. The molecule has 3 nitrogen and oxygen atoms in total. The van der Waals surface area contributed by atoms with Crippen LogP contribution in [0.15, 0.2) is 42.3 Å². The molecule has 0 aliphatic carbocycles. The van der Waals surface area contributed by atoms with Crippen molar-refractivity contribution in [3.05, 3.63) is 47.9 Å². The van der Waals surface area contributed by atoms with Gasteiger partial charge < -0.3 is 8.66 Å². The lowest BCUT2D eigenvalue weighted by molar-refractivity contribution is 0.262. The second-order valence-corrected chi connectivity index (χ2v) is 18.7. The Kier molecular flexibility index (Phi) is 5.51. The van der Waals surface area contributed by atoms with Gasteiger partial charge in [-0.3, -0.25) is 4.90 Å². The molecule has 0 N–H and O–H groups in total. The highest BCUT2D eigenvalue weighted by Gasteiger charge is 2.22. The highest BCUT2D eigenvalue weighted by atomic mass is 28.4. The Balaban J connectivity index is 1.68. The van der Waals surface area contributed by atoms with E-state index < -0.39 is 16.6 Å². The smallest absolute Gasteiger partial charge is 0.241 e. The molecule has 0 saturated heterocycles. The fraction of sp³-hybridized carbons (Fsp3) is 0.524. The summed E-state index contributed by atoms with van der Waals surface area (Å²) in [6.07, 6.45) is 6.90. The Labute approximate surface area is 160 Å². The van der Waals surface area contributed by atoms with Gasteiger partial charge >= 0.3 is 0 Å². The lowest BCUT2D eigenvalue weighted by Gasteiger charge is -2.29. The topological polar surface area (TPSA) is 17.4 Å². The highest BCUT2D eigenvalue weighted by Crippen LogP contribution is 2.26. The van der Waals surface area contributed by atoms with Crippen molar-refractivity contribution in [3.8, 4) is 0 Å². The zero-order valence-electron chi connectivity index (χ0n) is 17.3. The maximum Gasteiger partial charge on any atom is 0.241 e. The highest BCUT2D eigenvalue weighted by molar-refractivity contribution is 6.75. The second-order valence-electron chi connectivity index (χ2n) is 9.40. The largest absolute Gasteiger partial charge is 0.547 e. The number of rotatable bonds is 6. The predicted molar refractivity (Wildman–Crippen MR) is 118 cm³/mol. The van der Waals surface area contributed by atoms with Crippen LogP contribution in [0.1, 0.15) is 12.0 Å². The molecular formula is C21H34N2OSi2. The van der Waals surface area contributed by atoms with Gasteiger partial charge in [0.2, 0.25) is 8.32 Å². The summed E-state index contributed by atoms with van der Waals surface area (Å²) in [4.78, 5) is 2.55. The number of hydrogen-bond acceptors (Lipinski definition) is 2. The van der Waals surface area contributed by atoms with Crippen LogP contribution >= 0.6 is 0 Å². The standard InChI is InChI=1S/C21H34N2OSi2/c1-25(2,3)23-17-18(20-9-7-8-10-21(20)23)11-14-22-15-12-19(13-16-22)24-26(4,5)6/h7-10,12,17H,11,13-16H2,1-6H3. The fourth-order valence-electron chi connectivity index (χ4n) is 3.66. The van der Waals surface area contributed by atoms with E-state index in [1.807, 2.05) is 0 Å². The molecule has 1 aliphatic heterocycles. The molecule has 2 heterocycles. The third kappa shape index (κ3) is 4.70. The number of nitrogens with zero attached hydrogens (tertiary/aromatic N) is 2. The van der Waals surface area contributed by atoms with E-state index in [9.17, 15) is 0 Å². The van der Waals surface area contributed by atoms with Crippen LogP contribution in [0.5, 0.6) is 0 Å². The van der Waals surface area contributed by atoms with Crippen LogP contribution in [0.25, 0.3) is 10.9 Å². The van der Waals surface area contributed by atoms with Gasteiger partial charge in [-0.15, -0.1) is 0 Å². The SMILES string of the molecule is C[Si](C)(C)OC1=CCN(CCc2cn([Si](C)(C)C)c3ccccc23)CC1. The Bertz CT molecular complexity index is 796. The monoisotopic (exact) mass is 386 g/mol. The maximum atomic E-state index is 6.16. The molecule has 0 amide bonds. The Morgan fingerprint density at radius 2 is 1.77 bits per heavy atom. The summed E-state index contributed by atoms with van der Waals surface area (Å²) in [5.74, 6) is 1.22. The van der Waals surface area contributed by atoms with Crippen molar-refractivity contribution in [2.45, 2.75) is 52.1 Å². The van der Waals surface area contributed by atoms with Crippen LogP contribution in [0.3, 0.4) is 0 Å². The normalized spacial score (nSPS) is 16.8. The van der Waals surface area contributed by atoms with Gasteiger partial charge in [0.15, 0.2) is 8.24 Å². The van der Waals surface area contributed by atoms with Crippen molar-refractivity contribution in [2.24, 2.45) is 0 Å². The Morgan fingerprint density at radius 3 is 2.38 bits per heavy atom. The van der Waals surface area contributed by atoms with Crippen molar-refractivity contribution in [1.82, 2.24) is 9.13 Å². The summed E-state index contributed by atoms with van der Waals surface area (Å²) < 4.78 is 8.73. The van der Waals surface area contributed by atoms with Crippen molar-refractivity contribution < 1.29 is 4.43 Å². The lowest BCUT2D eigenvalue weighted by Crippen LogP contribution is -2.34. The number of fused-ring (bicyclic) bond motifs is 1. The third-order valence-corrected chi connectivity index (χ3v) is 7.59. The fourth-order valence-corrected chi connectivity index (χ4v) is 6.10. The molecule has 0 spiro atoms. The quantitative estimate of drug-likeness (QED) is 0.626. The van der Waals surface area contributed by atoms with E-state index in [4.69, 9.17) is 4.43 Å². The molecular weight excluding hydrogens is 352 g/mol. The Hall–Kier alpha value is -1.31. The molecule has 5 heteroatoms. The van der Waals surface area contributed by atoms with Crippen LogP contribution in [-0.4, -0.2) is 45.3 Å². The number of para-hydroxylation sites is 1. The van der Waals surface area contributed by atoms with Gasteiger partial charge in [0.05, 0.1) is 5.76 Å². The summed E-state index contributed by atoms with van der Waals surface area (Å²) >= 11 is 0. The summed E-state index contributed by atoms with van der Waals surface area (Å²) in [5.41, 5.74) is 2.90. The average molecular weight is 387 g/mol. The molecule has 0 fully saturated rings. The van der Waals surface area contributed by atoms with Crippen molar-refractivity contribution in [2.75, 3.05) is 19.6 Å². The predicted octanol–water partition coefficient (Wildman–Crippen LogP) is 5.31. The average Bonchev–Trinajstić information content (AvgIpc) is 2.92. The van der Waals surface area contributed by atoms with Crippen LogP contribution in [-0.2, 0) is 10.8 Å². The van der Waals surface area contributed by atoms with E-state index in [1.165, 1.54) is 22.2 Å². The minimum atomic E-state index is -1.47. The van der Waals surface area contributed by atoms with Gasteiger partial charge in [0.1, 0.15) is 0 Å². The van der Waals surface area contributed by atoms with Crippen LogP contribution in [0.4, 0.5) is 0 Å². The van der Waals surface area contributed by atoms with Crippen LogP contribution in [0.2, 0.25) is 39.3 Å². The number of benzene rings is 1. The molecule has 26 heavy (non-hydrogen) atoms. The van der Waals surface area contributed by atoms with Crippen molar-refractivity contribution in [1.29, 1.82) is 0 Å². The number of hydrogen-bond donors (Lipinski definition) is 0. The Morgan fingerprint density at radius 1 is 1.04 bits per heavy atom. The van der Waals surface area contributed by atoms with Gasteiger partial charge in [-0.2, -0.15) is 0 Å². The van der Waals surface area contributed by atoms with E-state index in [0.29, 0.717) is 0 Å². The van der Waals surface area contributed by atoms with Gasteiger partial charge in [-0.25, -0.2) is 0 Å². The van der Waals surface area contributed by atoms with E-state index in [-0.39, 0.29) is 0 Å². The second kappa shape index (κ2) is 7.37. The number of aromatic nitrogens is 1. The summed E-state index contributed by atoms with van der Waals surface area (Å²) in [5, 5.41) is 1.44. The van der Waals surface area contributed by atoms with Crippen molar-refractivity contribution >= 4 is 27.5 Å². The molecule has 0 bridgehead atoms. The van der Waals surface area contributed by atoms with Crippen LogP contribution < -0.4 is 0 Å². The van der Waals surface area contributed by atoms with E-state index in [0.717, 1.165) is 32.5 Å².